The first-order chi connectivity index (χ1) is 16.2. The van der Waals surface area contributed by atoms with Crippen molar-refractivity contribution in [1.29, 1.82) is 0 Å². The normalized spacial score (nSPS) is 11.6. The van der Waals surface area contributed by atoms with Crippen molar-refractivity contribution in [3.63, 3.8) is 0 Å². The van der Waals surface area contributed by atoms with Gasteiger partial charge in [-0.25, -0.2) is 9.59 Å². The van der Waals surface area contributed by atoms with Crippen LogP contribution in [0.3, 0.4) is 0 Å². The standard InChI is InChI=1S/C25H27N3O6/c1-4-27-23(30)21(22(26)28(25(27)32)14-18-8-6-5-7-9-18)20(29)15-33-24(31)17(3)34-19-12-10-16(2)11-13-19/h5-13,17H,4,14-15,26H2,1-3H3. The SMILES string of the molecule is CCn1c(=O)c(C(=O)COC(=O)C(C)Oc2ccc(C)cc2)c(N)n(Cc2ccccc2)c1=O. The molecule has 34 heavy (non-hydrogen) atoms. The van der Waals surface area contributed by atoms with Gasteiger partial charge in [0.2, 0.25) is 5.78 Å². The minimum absolute atomic E-state index is 0.0498. The van der Waals surface area contributed by atoms with Crippen molar-refractivity contribution in [1.82, 2.24) is 9.13 Å². The number of esters is 1. The quantitative estimate of drug-likeness (QED) is 0.379. The van der Waals surface area contributed by atoms with E-state index >= 15 is 0 Å². The lowest BCUT2D eigenvalue weighted by Crippen LogP contribution is -2.44. The average molecular weight is 466 g/mol. The second-order valence-corrected chi connectivity index (χ2v) is 7.77. The predicted octanol–water partition coefficient (Wildman–Crippen LogP) is 2.16. The lowest BCUT2D eigenvalue weighted by Gasteiger charge is -2.16. The molecule has 0 spiro atoms. The van der Waals surface area contributed by atoms with Gasteiger partial charge < -0.3 is 15.2 Å². The molecule has 1 unspecified atom stereocenters. The van der Waals surface area contributed by atoms with Gasteiger partial charge in [-0.05, 0) is 38.5 Å². The molecule has 0 saturated carbocycles. The van der Waals surface area contributed by atoms with E-state index < -0.39 is 41.3 Å². The number of anilines is 1. The number of ketones is 1. The minimum Gasteiger partial charge on any atom is -0.479 e. The summed E-state index contributed by atoms with van der Waals surface area (Å²) in [5.74, 6) is -1.37. The van der Waals surface area contributed by atoms with Gasteiger partial charge in [0, 0.05) is 6.54 Å². The van der Waals surface area contributed by atoms with Crippen LogP contribution in [0, 0.1) is 6.92 Å². The Bertz CT molecular complexity index is 1290. The monoisotopic (exact) mass is 465 g/mol. The first kappa shape index (κ1) is 24.5. The highest BCUT2D eigenvalue weighted by molar-refractivity contribution is 6.01. The fourth-order valence-corrected chi connectivity index (χ4v) is 3.37. The van der Waals surface area contributed by atoms with Crippen molar-refractivity contribution >= 4 is 17.6 Å². The van der Waals surface area contributed by atoms with E-state index in [0.717, 1.165) is 15.7 Å². The van der Waals surface area contributed by atoms with E-state index in [2.05, 4.69) is 0 Å². The molecule has 3 rings (SSSR count). The molecule has 2 N–H and O–H groups in total. The summed E-state index contributed by atoms with van der Waals surface area (Å²) in [4.78, 5) is 50.8. The summed E-state index contributed by atoms with van der Waals surface area (Å²) in [6.07, 6.45) is -0.979. The van der Waals surface area contributed by atoms with Crippen LogP contribution in [0.4, 0.5) is 5.82 Å². The summed E-state index contributed by atoms with van der Waals surface area (Å²) in [5.41, 5.74) is 6.07. The molecule has 1 aromatic heterocycles. The molecule has 2 aromatic carbocycles. The second kappa shape index (κ2) is 10.7. The summed E-state index contributed by atoms with van der Waals surface area (Å²) in [5, 5.41) is 0. The number of benzene rings is 2. The fraction of sp³-hybridized carbons (Fsp3) is 0.280. The minimum atomic E-state index is -0.979. The number of carbonyl (C=O) groups is 2. The molecule has 0 bridgehead atoms. The Kier molecular flexibility index (Phi) is 7.68. The zero-order valence-electron chi connectivity index (χ0n) is 19.3. The number of Topliss-reactive ketones (excluding diaryl/α,β-unsaturated/α-hetero) is 1. The smallest absolute Gasteiger partial charge is 0.347 e. The van der Waals surface area contributed by atoms with Crippen LogP contribution in [0.25, 0.3) is 0 Å². The number of rotatable bonds is 9. The summed E-state index contributed by atoms with van der Waals surface area (Å²) < 4.78 is 12.7. The highest BCUT2D eigenvalue weighted by atomic mass is 16.6. The van der Waals surface area contributed by atoms with Crippen molar-refractivity contribution in [3.05, 3.63) is 92.1 Å². The topological polar surface area (TPSA) is 123 Å². The van der Waals surface area contributed by atoms with Gasteiger partial charge in [0.15, 0.2) is 12.7 Å². The molecule has 0 radical (unpaired) electrons. The second-order valence-electron chi connectivity index (χ2n) is 7.77. The third-order valence-corrected chi connectivity index (χ3v) is 5.26. The van der Waals surface area contributed by atoms with E-state index in [0.29, 0.717) is 5.75 Å². The predicted molar refractivity (Wildman–Crippen MR) is 127 cm³/mol. The van der Waals surface area contributed by atoms with Gasteiger partial charge in [0.05, 0.1) is 6.54 Å². The number of carbonyl (C=O) groups excluding carboxylic acids is 2. The molecule has 9 heteroatoms. The van der Waals surface area contributed by atoms with Crippen molar-refractivity contribution in [3.8, 4) is 5.75 Å². The van der Waals surface area contributed by atoms with Crippen LogP contribution in [0.5, 0.6) is 5.75 Å². The van der Waals surface area contributed by atoms with E-state index in [1.807, 2.05) is 25.1 Å². The maximum absolute atomic E-state index is 12.9. The number of nitrogens with zero attached hydrogens (tertiary/aromatic N) is 2. The number of aromatic nitrogens is 2. The maximum Gasteiger partial charge on any atom is 0.347 e. The molecule has 0 aliphatic carbocycles. The Morgan fingerprint density at radius 3 is 2.26 bits per heavy atom. The largest absolute Gasteiger partial charge is 0.479 e. The Labute approximate surface area is 196 Å². The molecule has 1 heterocycles. The number of nitrogen functional groups attached to an aromatic ring is 1. The van der Waals surface area contributed by atoms with Gasteiger partial charge in [0.1, 0.15) is 17.1 Å². The molecule has 0 aliphatic rings. The van der Waals surface area contributed by atoms with Crippen molar-refractivity contribution in [2.45, 2.75) is 40.0 Å². The molecule has 3 aromatic rings. The lowest BCUT2D eigenvalue weighted by molar-refractivity contribution is -0.149. The first-order valence-electron chi connectivity index (χ1n) is 10.8. The summed E-state index contributed by atoms with van der Waals surface area (Å²) in [7, 11) is 0. The molecule has 0 aliphatic heterocycles. The van der Waals surface area contributed by atoms with Crippen LogP contribution in [-0.2, 0) is 22.6 Å². The number of hydrogen-bond acceptors (Lipinski definition) is 7. The van der Waals surface area contributed by atoms with Gasteiger partial charge in [-0.2, -0.15) is 0 Å². The molecule has 9 nitrogen and oxygen atoms in total. The molecule has 0 amide bonds. The molecular weight excluding hydrogens is 438 g/mol. The van der Waals surface area contributed by atoms with Crippen molar-refractivity contribution < 1.29 is 19.1 Å². The molecule has 0 saturated heterocycles. The highest BCUT2D eigenvalue weighted by Gasteiger charge is 2.25. The van der Waals surface area contributed by atoms with Gasteiger partial charge in [-0.1, -0.05) is 48.0 Å². The summed E-state index contributed by atoms with van der Waals surface area (Å²) in [6, 6.07) is 16.1. The van der Waals surface area contributed by atoms with E-state index in [9.17, 15) is 19.2 Å². The summed E-state index contributed by atoms with van der Waals surface area (Å²) >= 11 is 0. The van der Waals surface area contributed by atoms with Gasteiger partial charge in [-0.3, -0.25) is 18.7 Å². The van der Waals surface area contributed by atoms with Crippen LogP contribution in [0.2, 0.25) is 0 Å². The van der Waals surface area contributed by atoms with E-state index in [4.69, 9.17) is 15.2 Å². The lowest BCUT2D eigenvalue weighted by atomic mass is 10.2. The Morgan fingerprint density at radius 1 is 1.00 bits per heavy atom. The zero-order valence-corrected chi connectivity index (χ0v) is 19.3. The van der Waals surface area contributed by atoms with Gasteiger partial charge in [0.25, 0.3) is 5.56 Å². The Morgan fingerprint density at radius 2 is 1.65 bits per heavy atom. The number of nitrogens with two attached hydrogens (primary N) is 1. The van der Waals surface area contributed by atoms with Crippen LogP contribution >= 0.6 is 0 Å². The third-order valence-electron chi connectivity index (χ3n) is 5.26. The van der Waals surface area contributed by atoms with Crippen LogP contribution in [-0.4, -0.2) is 33.6 Å². The first-order valence-corrected chi connectivity index (χ1v) is 10.8. The number of hydrogen-bond donors (Lipinski definition) is 1. The maximum atomic E-state index is 12.9. The Balaban J connectivity index is 1.80. The average Bonchev–Trinajstić information content (AvgIpc) is 2.82. The fourth-order valence-electron chi connectivity index (χ4n) is 3.37. The zero-order chi connectivity index (χ0) is 24.8. The number of aryl methyl sites for hydroxylation is 1. The van der Waals surface area contributed by atoms with Crippen LogP contribution in [0.1, 0.15) is 35.3 Å². The number of ether oxygens (including phenoxy) is 2. The van der Waals surface area contributed by atoms with E-state index in [-0.39, 0.29) is 18.9 Å². The van der Waals surface area contributed by atoms with Crippen molar-refractivity contribution in [2.75, 3.05) is 12.3 Å². The van der Waals surface area contributed by atoms with Crippen LogP contribution < -0.4 is 21.7 Å². The molecule has 1 atom stereocenters. The molecule has 0 fully saturated rings. The van der Waals surface area contributed by atoms with E-state index in [1.165, 1.54) is 11.5 Å². The van der Waals surface area contributed by atoms with E-state index in [1.54, 1.807) is 43.3 Å². The van der Waals surface area contributed by atoms with Crippen LogP contribution in [0.15, 0.2) is 64.2 Å². The third kappa shape index (κ3) is 5.43. The van der Waals surface area contributed by atoms with Gasteiger partial charge >= 0.3 is 11.7 Å². The van der Waals surface area contributed by atoms with Crippen molar-refractivity contribution in [2.24, 2.45) is 0 Å². The summed E-state index contributed by atoms with van der Waals surface area (Å²) in [6.45, 7) is 4.44. The Hall–Kier alpha value is -4.14. The highest BCUT2D eigenvalue weighted by Crippen LogP contribution is 2.14. The van der Waals surface area contributed by atoms with Gasteiger partial charge in [-0.15, -0.1) is 0 Å². The molecule has 178 valence electrons. The molecular formula is C25H27N3O6.